The topological polar surface area (TPSA) is 60.7 Å². The number of hydrogen-bond donors (Lipinski definition) is 3. The molecule has 0 aliphatic heterocycles. The predicted octanol–water partition coefficient (Wildman–Crippen LogP) is 2.64. The molecule has 3 saturated carbocycles. The maximum absolute atomic E-state index is 10.9. The maximum atomic E-state index is 10.9. The highest BCUT2D eigenvalue weighted by Crippen LogP contribution is 2.64. The predicted molar refractivity (Wildman–Crippen MR) is 85.1 cm³/mol. The van der Waals surface area contributed by atoms with Crippen molar-refractivity contribution in [3.63, 3.8) is 0 Å². The molecule has 3 nitrogen and oxygen atoms in total. The van der Waals surface area contributed by atoms with Crippen LogP contribution in [0.2, 0.25) is 0 Å². The minimum absolute atomic E-state index is 0.00195. The van der Waals surface area contributed by atoms with E-state index in [1.54, 1.807) is 0 Å². The molecule has 0 amide bonds. The normalized spacial score (nSPS) is 57.6. The summed E-state index contributed by atoms with van der Waals surface area (Å²) in [5.41, 5.74) is 1.44. The van der Waals surface area contributed by atoms with Crippen molar-refractivity contribution in [1.29, 1.82) is 0 Å². The molecule has 3 heteroatoms. The highest BCUT2D eigenvalue weighted by Gasteiger charge is 2.60. The SMILES string of the molecule is C[C@]12CC[C@@H](O)CC1=C[C@H](O)C1C2CC[C@@]2(C)C1CC[C@@H]2O. The Morgan fingerprint density at radius 1 is 0.955 bits per heavy atom. The van der Waals surface area contributed by atoms with E-state index in [4.69, 9.17) is 0 Å². The van der Waals surface area contributed by atoms with Crippen molar-refractivity contribution in [2.75, 3.05) is 0 Å². The van der Waals surface area contributed by atoms with Crippen molar-refractivity contribution < 1.29 is 15.3 Å². The molecule has 0 aromatic heterocycles. The summed E-state index contributed by atoms with van der Waals surface area (Å²) in [4.78, 5) is 0. The second kappa shape index (κ2) is 4.81. The van der Waals surface area contributed by atoms with Crippen LogP contribution in [-0.4, -0.2) is 33.6 Å². The second-order valence-corrected chi connectivity index (χ2v) is 8.92. The van der Waals surface area contributed by atoms with E-state index in [1.165, 1.54) is 5.57 Å². The lowest BCUT2D eigenvalue weighted by atomic mass is 9.47. The van der Waals surface area contributed by atoms with Crippen LogP contribution >= 0.6 is 0 Å². The van der Waals surface area contributed by atoms with Gasteiger partial charge in [0.25, 0.3) is 0 Å². The molecule has 3 N–H and O–H groups in total. The first-order chi connectivity index (χ1) is 10.4. The van der Waals surface area contributed by atoms with Gasteiger partial charge in [0.05, 0.1) is 18.3 Å². The Labute approximate surface area is 133 Å². The van der Waals surface area contributed by atoms with Gasteiger partial charge in [0, 0.05) is 0 Å². The maximum Gasteiger partial charge on any atom is 0.0757 e. The molecular formula is C19H30O3. The average molecular weight is 306 g/mol. The molecule has 0 heterocycles. The van der Waals surface area contributed by atoms with Gasteiger partial charge in [0.2, 0.25) is 0 Å². The Bertz CT molecular complexity index is 501. The number of aliphatic hydroxyl groups is 3. The molecule has 0 aromatic rings. The smallest absolute Gasteiger partial charge is 0.0757 e. The molecule has 4 rings (SSSR count). The monoisotopic (exact) mass is 306 g/mol. The van der Waals surface area contributed by atoms with E-state index >= 15 is 0 Å². The summed E-state index contributed by atoms with van der Waals surface area (Å²) >= 11 is 0. The summed E-state index contributed by atoms with van der Waals surface area (Å²) in [6, 6.07) is 0. The number of hydrogen-bond acceptors (Lipinski definition) is 3. The highest BCUT2D eigenvalue weighted by atomic mass is 16.3. The lowest BCUT2D eigenvalue weighted by Crippen LogP contribution is -2.55. The van der Waals surface area contributed by atoms with Gasteiger partial charge in [-0.3, -0.25) is 0 Å². The molecular weight excluding hydrogens is 276 g/mol. The molecule has 22 heavy (non-hydrogen) atoms. The third-order valence-corrected chi connectivity index (χ3v) is 8.05. The van der Waals surface area contributed by atoms with E-state index in [0.717, 1.165) is 44.9 Å². The summed E-state index contributed by atoms with van der Waals surface area (Å²) in [5, 5.41) is 31.3. The summed E-state index contributed by atoms with van der Waals surface area (Å²) in [7, 11) is 0. The minimum atomic E-state index is -0.395. The van der Waals surface area contributed by atoms with E-state index in [9.17, 15) is 15.3 Å². The molecule has 8 atom stereocenters. The molecule has 3 unspecified atom stereocenters. The zero-order chi connectivity index (χ0) is 15.7. The molecule has 4 aliphatic carbocycles. The quantitative estimate of drug-likeness (QED) is 0.603. The molecule has 4 aliphatic rings. The van der Waals surface area contributed by atoms with E-state index in [-0.39, 0.29) is 23.0 Å². The van der Waals surface area contributed by atoms with Crippen LogP contribution in [0.15, 0.2) is 11.6 Å². The van der Waals surface area contributed by atoms with E-state index in [0.29, 0.717) is 17.8 Å². The average Bonchev–Trinajstić information content (AvgIpc) is 2.77. The zero-order valence-corrected chi connectivity index (χ0v) is 13.8. The van der Waals surface area contributed by atoms with Crippen molar-refractivity contribution in [2.45, 2.75) is 77.1 Å². The van der Waals surface area contributed by atoms with Gasteiger partial charge >= 0.3 is 0 Å². The third-order valence-electron chi connectivity index (χ3n) is 8.05. The standard InChI is InChI=1S/C19H30O3/c1-18-7-5-12(20)9-11(18)10-15(21)17-13-3-4-16(22)19(13,2)8-6-14(17)18/h10,12-17,20-22H,3-9H2,1-2H3/t12-,13?,14?,15+,16+,17?,18+,19+/m1/s1. The van der Waals surface area contributed by atoms with Gasteiger partial charge in [-0.05, 0) is 73.5 Å². The summed E-state index contributed by atoms with van der Waals surface area (Å²) in [6.45, 7) is 4.60. The largest absolute Gasteiger partial charge is 0.393 e. The Morgan fingerprint density at radius 2 is 1.73 bits per heavy atom. The van der Waals surface area contributed by atoms with E-state index in [1.807, 2.05) is 0 Å². The van der Waals surface area contributed by atoms with Crippen molar-refractivity contribution in [3.8, 4) is 0 Å². The van der Waals surface area contributed by atoms with Gasteiger partial charge < -0.3 is 15.3 Å². The van der Waals surface area contributed by atoms with Gasteiger partial charge in [0.1, 0.15) is 0 Å². The Hall–Kier alpha value is -0.380. The fraction of sp³-hybridized carbons (Fsp3) is 0.895. The lowest BCUT2D eigenvalue weighted by molar-refractivity contribution is -0.105. The molecule has 0 aromatic carbocycles. The summed E-state index contributed by atoms with van der Waals surface area (Å²) in [6.07, 6.45) is 8.05. The van der Waals surface area contributed by atoms with Gasteiger partial charge in [-0.2, -0.15) is 0 Å². The molecule has 0 saturated heterocycles. The number of rotatable bonds is 0. The second-order valence-electron chi connectivity index (χ2n) is 8.92. The lowest BCUT2D eigenvalue weighted by Gasteiger charge is -2.58. The van der Waals surface area contributed by atoms with Crippen molar-refractivity contribution in [1.82, 2.24) is 0 Å². The first-order valence-electron chi connectivity index (χ1n) is 9.11. The first-order valence-corrected chi connectivity index (χ1v) is 9.11. The Kier molecular flexibility index (Phi) is 3.32. The molecule has 3 fully saturated rings. The Balaban J connectivity index is 1.73. The fourth-order valence-electron chi connectivity index (χ4n) is 6.60. The zero-order valence-electron chi connectivity index (χ0n) is 13.8. The fourth-order valence-corrected chi connectivity index (χ4v) is 6.60. The van der Waals surface area contributed by atoms with Crippen LogP contribution < -0.4 is 0 Å². The summed E-state index contributed by atoms with van der Waals surface area (Å²) in [5.74, 6) is 1.25. The van der Waals surface area contributed by atoms with Crippen LogP contribution in [0, 0.1) is 28.6 Å². The van der Waals surface area contributed by atoms with Crippen LogP contribution in [0.25, 0.3) is 0 Å². The van der Waals surface area contributed by atoms with Crippen LogP contribution in [0.5, 0.6) is 0 Å². The number of aliphatic hydroxyl groups excluding tert-OH is 3. The first kappa shape index (κ1) is 15.2. The van der Waals surface area contributed by atoms with Crippen LogP contribution in [-0.2, 0) is 0 Å². The van der Waals surface area contributed by atoms with Crippen molar-refractivity contribution in [2.24, 2.45) is 28.6 Å². The Morgan fingerprint density at radius 3 is 2.50 bits per heavy atom. The van der Waals surface area contributed by atoms with Gasteiger partial charge in [-0.1, -0.05) is 25.5 Å². The van der Waals surface area contributed by atoms with Gasteiger partial charge in [0.15, 0.2) is 0 Å². The molecule has 0 spiro atoms. The van der Waals surface area contributed by atoms with Crippen molar-refractivity contribution in [3.05, 3.63) is 11.6 Å². The van der Waals surface area contributed by atoms with E-state index < -0.39 is 6.10 Å². The van der Waals surface area contributed by atoms with Gasteiger partial charge in [-0.25, -0.2) is 0 Å². The molecule has 124 valence electrons. The highest BCUT2D eigenvalue weighted by molar-refractivity contribution is 5.27. The summed E-state index contributed by atoms with van der Waals surface area (Å²) < 4.78 is 0. The van der Waals surface area contributed by atoms with Crippen LogP contribution in [0.1, 0.15) is 58.8 Å². The van der Waals surface area contributed by atoms with Crippen molar-refractivity contribution >= 4 is 0 Å². The van der Waals surface area contributed by atoms with Crippen LogP contribution in [0.4, 0.5) is 0 Å². The number of fused-ring (bicyclic) bond motifs is 5. The molecule has 0 bridgehead atoms. The van der Waals surface area contributed by atoms with Gasteiger partial charge in [-0.15, -0.1) is 0 Å². The minimum Gasteiger partial charge on any atom is -0.393 e. The van der Waals surface area contributed by atoms with Crippen LogP contribution in [0.3, 0.4) is 0 Å². The third kappa shape index (κ3) is 1.85. The van der Waals surface area contributed by atoms with E-state index in [2.05, 4.69) is 19.9 Å². The molecule has 0 radical (unpaired) electrons.